The fourth-order valence-electron chi connectivity index (χ4n) is 11.1. The molecule has 10 aromatic carbocycles. The van der Waals surface area contributed by atoms with Crippen LogP contribution < -0.4 is 4.90 Å². The second-order valence-electron chi connectivity index (χ2n) is 19.3. The largest absolute Gasteiger partial charge is 0.310 e. The van der Waals surface area contributed by atoms with Gasteiger partial charge in [0.25, 0.3) is 0 Å². The summed E-state index contributed by atoms with van der Waals surface area (Å²) in [5, 5.41) is 0. The Balaban J connectivity index is 0.933. The highest BCUT2D eigenvalue weighted by Gasteiger charge is 2.36. The number of anilines is 3. The zero-order valence-electron chi connectivity index (χ0n) is 38.5. The number of benzene rings is 10. The van der Waals surface area contributed by atoms with Gasteiger partial charge in [0.05, 0.1) is 5.69 Å². The average molecular weight is 858 g/mol. The van der Waals surface area contributed by atoms with Gasteiger partial charge in [-0.15, -0.1) is 0 Å². The highest BCUT2D eigenvalue weighted by molar-refractivity contribution is 5.91. The van der Waals surface area contributed by atoms with Crippen LogP contribution in [0.5, 0.6) is 0 Å². The molecule has 0 fully saturated rings. The number of fused-ring (bicyclic) bond motifs is 6. The average Bonchev–Trinajstić information content (AvgIpc) is 3.76. The number of para-hydroxylation sites is 1. The van der Waals surface area contributed by atoms with Crippen LogP contribution in [0, 0.1) is 0 Å². The number of hydrogen-bond acceptors (Lipinski definition) is 1. The van der Waals surface area contributed by atoms with Crippen molar-refractivity contribution in [1.29, 1.82) is 0 Å². The van der Waals surface area contributed by atoms with Crippen LogP contribution in [0.4, 0.5) is 17.1 Å². The Labute approximate surface area is 395 Å². The van der Waals surface area contributed by atoms with Gasteiger partial charge in [-0.1, -0.05) is 210 Å². The molecule has 0 radical (unpaired) electrons. The molecule has 0 saturated carbocycles. The van der Waals surface area contributed by atoms with E-state index in [0.29, 0.717) is 0 Å². The molecule has 2 aliphatic carbocycles. The van der Waals surface area contributed by atoms with Gasteiger partial charge >= 0.3 is 0 Å². The first-order valence-corrected chi connectivity index (χ1v) is 23.6. The van der Waals surface area contributed by atoms with Gasteiger partial charge in [0.15, 0.2) is 0 Å². The number of nitrogens with zero attached hydrogens (tertiary/aromatic N) is 1. The van der Waals surface area contributed by atoms with Gasteiger partial charge in [-0.2, -0.15) is 0 Å². The Morgan fingerprint density at radius 3 is 1.06 bits per heavy atom. The van der Waals surface area contributed by atoms with Crippen molar-refractivity contribution in [3.05, 3.63) is 259 Å². The molecule has 10 aromatic rings. The summed E-state index contributed by atoms with van der Waals surface area (Å²) in [6.07, 6.45) is 0. The van der Waals surface area contributed by atoms with E-state index in [9.17, 15) is 0 Å². The van der Waals surface area contributed by atoms with Crippen LogP contribution in [0.25, 0.3) is 77.9 Å². The third-order valence-electron chi connectivity index (χ3n) is 14.7. The summed E-state index contributed by atoms with van der Waals surface area (Å²) in [5.74, 6) is 0. The monoisotopic (exact) mass is 857 g/mol. The van der Waals surface area contributed by atoms with Crippen molar-refractivity contribution in [2.45, 2.75) is 38.5 Å². The normalized spacial score (nSPS) is 13.6. The SMILES string of the molecule is CC1(C)c2ccccc2-c2ccc(-c3cccc(-c4cccc(N(c5cccc(-c6cccc(-c7ccc8c(c7)C(C)(C)c7ccccc7-8)c6)c5)c5ccccc5-c5ccccc5)c4)c3)cc21. The molecule has 12 rings (SSSR count). The number of hydrogen-bond donors (Lipinski definition) is 0. The topological polar surface area (TPSA) is 3.24 Å². The molecule has 0 unspecified atom stereocenters. The predicted octanol–water partition coefficient (Wildman–Crippen LogP) is 18.1. The van der Waals surface area contributed by atoms with E-state index in [1.165, 1.54) is 100 Å². The lowest BCUT2D eigenvalue weighted by molar-refractivity contribution is 0.660. The van der Waals surface area contributed by atoms with E-state index < -0.39 is 0 Å². The quantitative estimate of drug-likeness (QED) is 0.147. The molecule has 0 bridgehead atoms. The first-order chi connectivity index (χ1) is 32.7. The maximum absolute atomic E-state index is 2.43. The van der Waals surface area contributed by atoms with Crippen LogP contribution in [0.1, 0.15) is 49.9 Å². The van der Waals surface area contributed by atoms with Crippen molar-refractivity contribution in [2.75, 3.05) is 4.90 Å². The number of rotatable bonds is 8. The lowest BCUT2D eigenvalue weighted by Gasteiger charge is -2.29. The predicted molar refractivity (Wildman–Crippen MR) is 283 cm³/mol. The molecule has 0 aliphatic heterocycles. The van der Waals surface area contributed by atoms with Crippen LogP contribution in [0.2, 0.25) is 0 Å². The second kappa shape index (κ2) is 15.9. The van der Waals surface area contributed by atoms with Crippen LogP contribution in [0.3, 0.4) is 0 Å². The molecule has 0 spiro atoms. The van der Waals surface area contributed by atoms with Crippen LogP contribution in [0.15, 0.2) is 237 Å². The molecule has 67 heavy (non-hydrogen) atoms. The Bertz CT molecular complexity index is 3340. The molecule has 1 nitrogen and oxygen atoms in total. The Morgan fingerprint density at radius 1 is 0.239 bits per heavy atom. The third kappa shape index (κ3) is 6.85. The van der Waals surface area contributed by atoms with Crippen LogP contribution in [-0.4, -0.2) is 0 Å². The summed E-state index contributed by atoms with van der Waals surface area (Å²) < 4.78 is 0. The first kappa shape index (κ1) is 40.5. The summed E-state index contributed by atoms with van der Waals surface area (Å²) in [6, 6.07) is 87.5. The molecule has 1 heteroatoms. The summed E-state index contributed by atoms with van der Waals surface area (Å²) in [7, 11) is 0. The summed E-state index contributed by atoms with van der Waals surface area (Å²) >= 11 is 0. The smallest absolute Gasteiger partial charge is 0.0540 e. The van der Waals surface area contributed by atoms with Crippen LogP contribution >= 0.6 is 0 Å². The molecule has 320 valence electrons. The van der Waals surface area contributed by atoms with Gasteiger partial charge < -0.3 is 4.90 Å². The molecule has 0 heterocycles. The minimum absolute atomic E-state index is 0.0549. The highest BCUT2D eigenvalue weighted by Crippen LogP contribution is 2.51. The molecule has 0 amide bonds. The summed E-state index contributed by atoms with van der Waals surface area (Å²) in [4.78, 5) is 2.43. The Morgan fingerprint density at radius 2 is 0.582 bits per heavy atom. The zero-order valence-corrected chi connectivity index (χ0v) is 38.5. The van der Waals surface area contributed by atoms with E-state index >= 15 is 0 Å². The Hall–Kier alpha value is -8.00. The van der Waals surface area contributed by atoms with E-state index in [2.05, 4.69) is 269 Å². The van der Waals surface area contributed by atoms with Crippen molar-refractivity contribution in [3.63, 3.8) is 0 Å². The molecular weight excluding hydrogens is 807 g/mol. The Kier molecular flexibility index (Phi) is 9.59. The van der Waals surface area contributed by atoms with E-state index in [1.54, 1.807) is 0 Å². The lowest BCUT2D eigenvalue weighted by atomic mass is 9.81. The molecule has 0 saturated heterocycles. The third-order valence-corrected chi connectivity index (χ3v) is 14.7. The maximum Gasteiger partial charge on any atom is 0.0540 e. The standard InChI is InChI=1S/C66H51N/c1-65(2)60-31-11-8-29-56(60)58-36-34-51(42-62(58)65)47-22-14-20-45(38-47)49-24-16-26-53(40-49)67(64-33-13-10-28-55(64)44-18-6-5-7-19-44)54-27-17-25-50(41-54)46-21-15-23-48(39-46)52-35-37-59-57-30-9-12-32-61(57)66(3,4)63(59)43-52/h5-43H,1-4H3. The minimum atomic E-state index is -0.0549. The summed E-state index contributed by atoms with van der Waals surface area (Å²) in [5.41, 5.74) is 26.1. The van der Waals surface area contributed by atoms with Gasteiger partial charge in [0.2, 0.25) is 0 Å². The molecule has 0 aromatic heterocycles. The van der Waals surface area contributed by atoms with Crippen molar-refractivity contribution < 1.29 is 0 Å². The highest BCUT2D eigenvalue weighted by atomic mass is 15.1. The van der Waals surface area contributed by atoms with Crippen molar-refractivity contribution in [1.82, 2.24) is 0 Å². The van der Waals surface area contributed by atoms with E-state index in [-0.39, 0.29) is 10.8 Å². The molecular formula is C66H51N. The summed E-state index contributed by atoms with van der Waals surface area (Å²) in [6.45, 7) is 9.42. The van der Waals surface area contributed by atoms with Crippen molar-refractivity contribution >= 4 is 17.1 Å². The van der Waals surface area contributed by atoms with Crippen LogP contribution in [-0.2, 0) is 10.8 Å². The fourth-order valence-corrected chi connectivity index (χ4v) is 11.1. The molecule has 0 atom stereocenters. The van der Waals surface area contributed by atoms with E-state index in [0.717, 1.165) is 17.1 Å². The maximum atomic E-state index is 2.43. The van der Waals surface area contributed by atoms with E-state index in [4.69, 9.17) is 0 Å². The lowest BCUT2D eigenvalue weighted by Crippen LogP contribution is -2.14. The van der Waals surface area contributed by atoms with Gasteiger partial charge in [0.1, 0.15) is 0 Å². The van der Waals surface area contributed by atoms with Crippen molar-refractivity contribution in [2.24, 2.45) is 0 Å². The first-order valence-electron chi connectivity index (χ1n) is 23.6. The molecule has 0 N–H and O–H groups in total. The fraction of sp³-hybridized carbons (Fsp3) is 0.0909. The van der Waals surface area contributed by atoms with Gasteiger partial charge in [-0.25, -0.2) is 0 Å². The van der Waals surface area contributed by atoms with Gasteiger partial charge in [0, 0.05) is 27.8 Å². The zero-order chi connectivity index (χ0) is 45.3. The minimum Gasteiger partial charge on any atom is -0.310 e. The van der Waals surface area contributed by atoms with Gasteiger partial charge in [-0.05, 0) is 149 Å². The second-order valence-corrected chi connectivity index (χ2v) is 19.3. The molecule has 2 aliphatic rings. The van der Waals surface area contributed by atoms with Crippen molar-refractivity contribution in [3.8, 4) is 77.9 Å². The van der Waals surface area contributed by atoms with Gasteiger partial charge in [-0.3, -0.25) is 0 Å². The van der Waals surface area contributed by atoms with E-state index in [1.807, 2.05) is 0 Å².